The number of guanidine groups is 1. The van der Waals surface area contributed by atoms with Gasteiger partial charge in [0.05, 0.1) is 6.04 Å². The van der Waals surface area contributed by atoms with E-state index in [2.05, 4.69) is 48.2 Å². The molecular formula is C20H41N5O. The summed E-state index contributed by atoms with van der Waals surface area (Å²) in [5.74, 6) is 1.11. The van der Waals surface area contributed by atoms with Crippen molar-refractivity contribution in [1.29, 1.82) is 0 Å². The smallest absolute Gasteiger partial charge is 0.239 e. The molecule has 0 aromatic carbocycles. The fraction of sp³-hybridized carbons (Fsp3) is 0.900. The largest absolute Gasteiger partial charge is 0.356 e. The molecule has 0 radical (unpaired) electrons. The van der Waals surface area contributed by atoms with Gasteiger partial charge in [0.1, 0.15) is 0 Å². The topological polar surface area (TPSA) is 60.0 Å². The van der Waals surface area contributed by atoms with Gasteiger partial charge in [-0.3, -0.25) is 14.7 Å². The summed E-state index contributed by atoms with van der Waals surface area (Å²) in [4.78, 5) is 20.6. The minimum atomic E-state index is 0.0693. The molecule has 26 heavy (non-hydrogen) atoms. The number of carbonyl (C=O) groups is 1. The van der Waals surface area contributed by atoms with Crippen molar-refractivity contribution in [2.24, 2.45) is 10.4 Å². The Bertz CT molecular complexity index is 456. The minimum Gasteiger partial charge on any atom is -0.356 e. The average molecular weight is 368 g/mol. The maximum Gasteiger partial charge on any atom is 0.239 e. The van der Waals surface area contributed by atoms with Crippen molar-refractivity contribution in [3.8, 4) is 0 Å². The lowest BCUT2D eigenvalue weighted by Gasteiger charge is -2.26. The van der Waals surface area contributed by atoms with Gasteiger partial charge in [-0.25, -0.2) is 0 Å². The minimum absolute atomic E-state index is 0.0693. The molecule has 1 aliphatic heterocycles. The Morgan fingerprint density at radius 2 is 2.04 bits per heavy atom. The number of likely N-dealkylation sites (N-methyl/N-ethyl adjacent to an activating group) is 1. The van der Waals surface area contributed by atoms with E-state index < -0.39 is 0 Å². The van der Waals surface area contributed by atoms with Crippen LogP contribution in [0.2, 0.25) is 0 Å². The monoisotopic (exact) mass is 367 g/mol. The van der Waals surface area contributed by atoms with Gasteiger partial charge < -0.3 is 15.5 Å². The van der Waals surface area contributed by atoms with Gasteiger partial charge in [0.15, 0.2) is 5.96 Å². The number of nitrogens with one attached hydrogen (secondary N) is 2. The predicted octanol–water partition coefficient (Wildman–Crippen LogP) is 2.31. The summed E-state index contributed by atoms with van der Waals surface area (Å²) in [5.41, 5.74) is 0.364. The summed E-state index contributed by atoms with van der Waals surface area (Å²) in [6.45, 7) is 11.9. The molecular weight excluding hydrogens is 326 g/mol. The van der Waals surface area contributed by atoms with Crippen molar-refractivity contribution in [3.05, 3.63) is 0 Å². The molecule has 1 rings (SSSR count). The molecule has 2 N–H and O–H groups in total. The lowest BCUT2D eigenvalue weighted by molar-refractivity contribution is -0.133. The van der Waals surface area contributed by atoms with E-state index in [1.807, 2.05) is 21.1 Å². The van der Waals surface area contributed by atoms with Crippen LogP contribution >= 0.6 is 0 Å². The van der Waals surface area contributed by atoms with Crippen molar-refractivity contribution in [2.75, 3.05) is 40.8 Å². The predicted molar refractivity (Wildman–Crippen MR) is 111 cm³/mol. The van der Waals surface area contributed by atoms with Crippen molar-refractivity contribution in [3.63, 3.8) is 0 Å². The zero-order chi connectivity index (χ0) is 19.7. The summed E-state index contributed by atoms with van der Waals surface area (Å²) < 4.78 is 0. The summed E-state index contributed by atoms with van der Waals surface area (Å²) in [7, 11) is 5.51. The molecule has 152 valence electrons. The first kappa shape index (κ1) is 22.7. The van der Waals surface area contributed by atoms with Crippen LogP contribution in [0.5, 0.6) is 0 Å². The van der Waals surface area contributed by atoms with Gasteiger partial charge in [-0.2, -0.15) is 0 Å². The molecule has 1 aliphatic rings. The Kier molecular flexibility index (Phi) is 9.41. The zero-order valence-electron chi connectivity index (χ0n) is 18.1. The molecule has 1 amide bonds. The number of likely N-dealkylation sites (tertiary alicyclic amines) is 1. The van der Waals surface area contributed by atoms with Gasteiger partial charge >= 0.3 is 0 Å². The van der Waals surface area contributed by atoms with Gasteiger partial charge in [0.2, 0.25) is 5.91 Å². The Labute approximate surface area is 160 Å². The normalized spacial score (nSPS) is 20.1. The van der Waals surface area contributed by atoms with Crippen LogP contribution in [0.1, 0.15) is 59.8 Å². The fourth-order valence-electron chi connectivity index (χ4n) is 3.31. The Morgan fingerprint density at radius 1 is 1.35 bits per heavy atom. The van der Waals surface area contributed by atoms with Gasteiger partial charge in [-0.1, -0.05) is 20.8 Å². The molecule has 6 heteroatoms. The van der Waals surface area contributed by atoms with Crippen LogP contribution < -0.4 is 10.6 Å². The molecule has 0 aliphatic carbocycles. The quantitative estimate of drug-likeness (QED) is 0.393. The maximum absolute atomic E-state index is 12.2. The number of aliphatic imine (C=N–C) groups is 1. The summed E-state index contributed by atoms with van der Waals surface area (Å²) in [6, 6.07) is 0.473. The van der Waals surface area contributed by atoms with E-state index in [9.17, 15) is 4.79 Å². The third-order valence-electron chi connectivity index (χ3n) is 4.94. The van der Waals surface area contributed by atoms with E-state index in [1.54, 1.807) is 4.90 Å². The van der Waals surface area contributed by atoms with Crippen molar-refractivity contribution < 1.29 is 4.79 Å². The first-order valence-corrected chi connectivity index (χ1v) is 10.1. The summed E-state index contributed by atoms with van der Waals surface area (Å²) in [5, 5.41) is 6.88. The Morgan fingerprint density at radius 3 is 2.62 bits per heavy atom. The second kappa shape index (κ2) is 10.8. The molecule has 1 fully saturated rings. The van der Waals surface area contributed by atoms with Crippen LogP contribution in [0, 0.1) is 5.41 Å². The van der Waals surface area contributed by atoms with Crippen molar-refractivity contribution in [2.45, 2.75) is 71.9 Å². The number of nitrogens with zero attached hydrogens (tertiary/aromatic N) is 3. The highest BCUT2D eigenvalue weighted by Gasteiger charge is 2.30. The lowest BCUT2D eigenvalue weighted by atomic mass is 9.89. The molecule has 2 atom stereocenters. The van der Waals surface area contributed by atoms with E-state index >= 15 is 0 Å². The van der Waals surface area contributed by atoms with E-state index in [1.165, 1.54) is 6.42 Å². The molecule has 6 nitrogen and oxygen atoms in total. The number of carbonyl (C=O) groups excluding carboxylic acids is 1. The average Bonchev–Trinajstić information content (AvgIpc) is 3.02. The number of amides is 1. The van der Waals surface area contributed by atoms with Crippen molar-refractivity contribution >= 4 is 11.9 Å². The number of rotatable bonds is 8. The number of hydrogen-bond acceptors (Lipinski definition) is 3. The summed E-state index contributed by atoms with van der Waals surface area (Å²) in [6.07, 6.45) is 5.43. The fourth-order valence-corrected chi connectivity index (χ4v) is 3.31. The highest BCUT2D eigenvalue weighted by Crippen LogP contribution is 2.21. The Balaban J connectivity index is 2.29. The molecule has 0 aromatic rings. The highest BCUT2D eigenvalue weighted by molar-refractivity contribution is 5.81. The number of hydrogen-bond donors (Lipinski definition) is 2. The molecule has 0 spiro atoms. The molecule has 0 bridgehead atoms. The highest BCUT2D eigenvalue weighted by atomic mass is 16.2. The van der Waals surface area contributed by atoms with Crippen LogP contribution in [-0.2, 0) is 4.79 Å². The van der Waals surface area contributed by atoms with Gasteiger partial charge in [0.25, 0.3) is 0 Å². The van der Waals surface area contributed by atoms with Crippen LogP contribution in [-0.4, -0.2) is 74.5 Å². The standard InChI is InChI=1S/C20H41N5O/c1-16(11-12-20(2,3)4)23-19(21-5)22-13-9-15-25-14-8-10-17(25)18(26)24(6)7/h16-17H,8-15H2,1-7H3,(H2,21,22,23). The maximum atomic E-state index is 12.2. The zero-order valence-corrected chi connectivity index (χ0v) is 18.1. The lowest BCUT2D eigenvalue weighted by Crippen LogP contribution is -2.45. The van der Waals surface area contributed by atoms with E-state index in [-0.39, 0.29) is 11.9 Å². The van der Waals surface area contributed by atoms with Gasteiger partial charge in [-0.15, -0.1) is 0 Å². The third kappa shape index (κ3) is 8.39. The molecule has 1 heterocycles. The van der Waals surface area contributed by atoms with Crippen LogP contribution in [0.4, 0.5) is 0 Å². The van der Waals surface area contributed by atoms with E-state index in [4.69, 9.17) is 0 Å². The van der Waals surface area contributed by atoms with E-state index in [0.717, 1.165) is 51.3 Å². The van der Waals surface area contributed by atoms with Crippen LogP contribution in [0.3, 0.4) is 0 Å². The second-order valence-corrected chi connectivity index (χ2v) is 8.92. The van der Waals surface area contributed by atoms with Crippen LogP contribution in [0.15, 0.2) is 4.99 Å². The second-order valence-electron chi connectivity index (χ2n) is 8.92. The van der Waals surface area contributed by atoms with Crippen molar-refractivity contribution in [1.82, 2.24) is 20.4 Å². The third-order valence-corrected chi connectivity index (χ3v) is 4.94. The summed E-state index contributed by atoms with van der Waals surface area (Å²) >= 11 is 0. The molecule has 2 unspecified atom stereocenters. The van der Waals surface area contributed by atoms with Gasteiger partial charge in [-0.05, 0) is 51.0 Å². The first-order chi connectivity index (χ1) is 12.1. The SMILES string of the molecule is CN=C(NCCCN1CCCC1C(=O)N(C)C)NC(C)CCC(C)(C)C. The molecule has 1 saturated heterocycles. The van der Waals surface area contributed by atoms with Gasteiger partial charge in [0, 0.05) is 40.3 Å². The van der Waals surface area contributed by atoms with Crippen LogP contribution in [0.25, 0.3) is 0 Å². The first-order valence-electron chi connectivity index (χ1n) is 10.1. The van der Waals surface area contributed by atoms with E-state index in [0.29, 0.717) is 11.5 Å². The molecule has 0 saturated carbocycles. The molecule has 0 aromatic heterocycles. The Hall–Kier alpha value is -1.30.